The number of aliphatic hydroxyl groups is 1. The van der Waals surface area contributed by atoms with Gasteiger partial charge in [-0.1, -0.05) is 11.6 Å². The summed E-state index contributed by atoms with van der Waals surface area (Å²) in [5.74, 6) is -1.23. The van der Waals surface area contributed by atoms with Crippen molar-refractivity contribution >= 4 is 46.6 Å². The number of cyclic esters (lactones) is 1. The molecule has 2 aliphatic rings. The van der Waals surface area contributed by atoms with Crippen LogP contribution in [0.25, 0.3) is 0 Å². The molecule has 28 heavy (non-hydrogen) atoms. The Balaban J connectivity index is 1.54. The van der Waals surface area contributed by atoms with Crippen molar-refractivity contribution in [3.05, 3.63) is 33.1 Å². The molecule has 1 aromatic heterocycles. The van der Waals surface area contributed by atoms with Crippen LogP contribution in [-0.2, 0) is 14.3 Å². The quantitative estimate of drug-likeness (QED) is 0.613. The second-order valence-corrected chi connectivity index (χ2v) is 8.02. The van der Waals surface area contributed by atoms with Crippen molar-refractivity contribution in [3.63, 3.8) is 0 Å². The average molecular weight is 428 g/mol. The summed E-state index contributed by atoms with van der Waals surface area (Å²) in [6.45, 7) is -0.378. The number of ketones is 1. The van der Waals surface area contributed by atoms with Gasteiger partial charge < -0.3 is 20.5 Å². The monoisotopic (exact) mass is 427 g/mol. The molecule has 1 aliphatic heterocycles. The molecule has 0 aromatic carbocycles. The molecule has 0 bridgehead atoms. The fourth-order valence-electron chi connectivity index (χ4n) is 3.03. The Morgan fingerprint density at radius 2 is 2.14 bits per heavy atom. The minimum Gasteiger partial charge on any atom is -0.442 e. The number of allylic oxidation sites excluding steroid dienone is 1. The van der Waals surface area contributed by atoms with Crippen molar-refractivity contribution < 1.29 is 29.0 Å². The van der Waals surface area contributed by atoms with Gasteiger partial charge in [-0.05, 0) is 25.0 Å². The van der Waals surface area contributed by atoms with E-state index in [-0.39, 0.29) is 24.8 Å². The third kappa shape index (κ3) is 4.70. The predicted molar refractivity (Wildman–Crippen MR) is 100.0 cm³/mol. The number of carbonyl (C=O) groups is 4. The number of nitrogens with zero attached hydrogens (tertiary/aromatic N) is 1. The fourth-order valence-corrected chi connectivity index (χ4v) is 3.99. The number of aliphatic hydroxyl groups excluding tert-OH is 1. The zero-order valence-corrected chi connectivity index (χ0v) is 16.2. The first-order valence-corrected chi connectivity index (χ1v) is 9.72. The number of nitrogens with one attached hydrogen (secondary N) is 2. The standard InChI is InChI=1S/C17H18ClN3O6S/c18-14-4-3-13(28-14)16(25)19-6-10-7-21(17(26)27-10)11-2-1-9(5-12(11)23)20-15(24)8-22/h3-5,10-11,22H,1-2,6-8H2,(H,19,25)(H,20,24). The third-order valence-corrected chi connectivity index (χ3v) is 5.57. The molecule has 2 atom stereocenters. The van der Waals surface area contributed by atoms with Crippen molar-refractivity contribution in [3.8, 4) is 0 Å². The first-order chi connectivity index (χ1) is 13.4. The molecule has 11 heteroatoms. The second kappa shape index (κ2) is 8.72. The molecule has 1 aromatic rings. The van der Waals surface area contributed by atoms with Crippen molar-refractivity contribution in [1.29, 1.82) is 0 Å². The van der Waals surface area contributed by atoms with E-state index in [9.17, 15) is 19.2 Å². The van der Waals surface area contributed by atoms with E-state index in [0.29, 0.717) is 27.8 Å². The van der Waals surface area contributed by atoms with Crippen molar-refractivity contribution in [1.82, 2.24) is 15.5 Å². The molecule has 0 saturated carbocycles. The lowest BCUT2D eigenvalue weighted by Crippen LogP contribution is -2.45. The predicted octanol–water partition coefficient (Wildman–Crippen LogP) is 0.676. The molecule has 9 nitrogen and oxygen atoms in total. The molecular weight excluding hydrogens is 410 g/mol. The Morgan fingerprint density at radius 3 is 2.79 bits per heavy atom. The van der Waals surface area contributed by atoms with Gasteiger partial charge in [0.25, 0.3) is 5.91 Å². The number of rotatable bonds is 6. The van der Waals surface area contributed by atoms with Gasteiger partial charge in [0.15, 0.2) is 5.78 Å². The number of thiophene rings is 1. The SMILES string of the molecule is O=C(CO)NC1=CC(=O)C(N2CC(CNC(=O)c3ccc(Cl)s3)OC2=O)CC1. The molecule has 2 unspecified atom stereocenters. The van der Waals surface area contributed by atoms with Crippen LogP contribution in [-0.4, -0.2) is 65.5 Å². The van der Waals surface area contributed by atoms with Crippen LogP contribution in [0.4, 0.5) is 4.79 Å². The lowest BCUT2D eigenvalue weighted by atomic mass is 9.96. The Morgan fingerprint density at radius 1 is 1.36 bits per heavy atom. The van der Waals surface area contributed by atoms with Gasteiger partial charge in [0.05, 0.1) is 28.3 Å². The van der Waals surface area contributed by atoms with Gasteiger partial charge in [-0.15, -0.1) is 11.3 Å². The van der Waals surface area contributed by atoms with Gasteiger partial charge in [0.1, 0.15) is 12.7 Å². The number of hydrogen-bond donors (Lipinski definition) is 3. The van der Waals surface area contributed by atoms with Crippen LogP contribution < -0.4 is 10.6 Å². The summed E-state index contributed by atoms with van der Waals surface area (Å²) in [4.78, 5) is 49.6. The molecule has 0 radical (unpaired) electrons. The van der Waals surface area contributed by atoms with Gasteiger partial charge >= 0.3 is 6.09 Å². The first kappa shape index (κ1) is 20.3. The van der Waals surface area contributed by atoms with Crippen LogP contribution in [0.3, 0.4) is 0 Å². The molecular formula is C17H18ClN3O6S. The van der Waals surface area contributed by atoms with Crippen LogP contribution in [0, 0.1) is 0 Å². The highest BCUT2D eigenvalue weighted by Gasteiger charge is 2.40. The molecule has 3 amide bonds. The number of halogens is 1. The number of hydrogen-bond acceptors (Lipinski definition) is 7. The number of ether oxygens (including phenoxy) is 1. The maximum absolute atomic E-state index is 12.3. The lowest BCUT2D eigenvalue weighted by Gasteiger charge is -2.27. The smallest absolute Gasteiger partial charge is 0.410 e. The zero-order valence-electron chi connectivity index (χ0n) is 14.6. The highest BCUT2D eigenvalue weighted by molar-refractivity contribution is 7.17. The van der Waals surface area contributed by atoms with E-state index in [1.165, 1.54) is 11.0 Å². The number of carbonyl (C=O) groups excluding carboxylic acids is 4. The van der Waals surface area contributed by atoms with Gasteiger partial charge in [0, 0.05) is 11.8 Å². The zero-order chi connectivity index (χ0) is 20.3. The van der Waals surface area contributed by atoms with Crippen LogP contribution in [0.5, 0.6) is 0 Å². The minimum absolute atomic E-state index is 0.116. The van der Waals surface area contributed by atoms with Gasteiger partial charge in [0.2, 0.25) is 5.91 Å². The summed E-state index contributed by atoms with van der Waals surface area (Å²) in [5, 5.41) is 13.9. The van der Waals surface area contributed by atoms with Crippen molar-refractivity contribution in [2.75, 3.05) is 19.7 Å². The summed E-state index contributed by atoms with van der Waals surface area (Å²) in [6, 6.07) is 2.55. The fraction of sp³-hybridized carbons (Fsp3) is 0.412. The molecule has 2 heterocycles. The minimum atomic E-state index is -0.681. The first-order valence-electron chi connectivity index (χ1n) is 8.53. The normalized spacial score (nSPS) is 21.9. The summed E-state index contributed by atoms with van der Waals surface area (Å²) < 4.78 is 5.75. The molecule has 3 rings (SSSR count). The third-order valence-electron chi connectivity index (χ3n) is 4.34. The second-order valence-electron chi connectivity index (χ2n) is 6.30. The largest absolute Gasteiger partial charge is 0.442 e. The summed E-state index contributed by atoms with van der Waals surface area (Å²) in [6.07, 6.45) is 0.794. The van der Waals surface area contributed by atoms with E-state index in [1.807, 2.05) is 0 Å². The molecule has 1 fully saturated rings. The van der Waals surface area contributed by atoms with Crippen molar-refractivity contribution in [2.45, 2.75) is 25.0 Å². The number of amides is 3. The van der Waals surface area contributed by atoms with E-state index in [1.54, 1.807) is 12.1 Å². The van der Waals surface area contributed by atoms with Crippen LogP contribution >= 0.6 is 22.9 Å². The molecule has 1 aliphatic carbocycles. The van der Waals surface area contributed by atoms with Gasteiger partial charge in [-0.25, -0.2) is 4.79 Å². The highest BCUT2D eigenvalue weighted by Crippen LogP contribution is 2.24. The molecule has 0 spiro atoms. The van der Waals surface area contributed by atoms with Crippen LogP contribution in [0.1, 0.15) is 22.5 Å². The topological polar surface area (TPSA) is 125 Å². The van der Waals surface area contributed by atoms with Crippen LogP contribution in [0.2, 0.25) is 4.34 Å². The Labute approximate surface area is 169 Å². The Hall–Kier alpha value is -2.43. The molecule has 1 saturated heterocycles. The highest BCUT2D eigenvalue weighted by atomic mass is 35.5. The maximum Gasteiger partial charge on any atom is 0.410 e. The van der Waals surface area contributed by atoms with E-state index in [2.05, 4.69) is 10.6 Å². The van der Waals surface area contributed by atoms with Crippen molar-refractivity contribution in [2.24, 2.45) is 0 Å². The lowest BCUT2D eigenvalue weighted by molar-refractivity contribution is -0.123. The molecule has 150 valence electrons. The van der Waals surface area contributed by atoms with Gasteiger partial charge in [-0.2, -0.15) is 0 Å². The van der Waals surface area contributed by atoms with E-state index >= 15 is 0 Å². The summed E-state index contributed by atoms with van der Waals surface area (Å²) in [5.41, 5.74) is 0.409. The summed E-state index contributed by atoms with van der Waals surface area (Å²) >= 11 is 6.95. The molecule has 3 N–H and O–H groups in total. The maximum atomic E-state index is 12.3. The Bertz CT molecular complexity index is 839. The summed E-state index contributed by atoms with van der Waals surface area (Å²) in [7, 11) is 0. The van der Waals surface area contributed by atoms with Gasteiger partial charge in [-0.3, -0.25) is 19.3 Å². The van der Waals surface area contributed by atoms with E-state index < -0.39 is 30.8 Å². The van der Waals surface area contributed by atoms with Crippen LogP contribution in [0.15, 0.2) is 23.9 Å². The Kier molecular flexibility index (Phi) is 6.32. The average Bonchev–Trinajstić information content (AvgIpc) is 3.25. The van der Waals surface area contributed by atoms with E-state index in [4.69, 9.17) is 21.4 Å². The van der Waals surface area contributed by atoms with E-state index in [0.717, 1.165) is 11.3 Å².